The highest BCUT2D eigenvalue weighted by Crippen LogP contribution is 2.42. The third-order valence-corrected chi connectivity index (χ3v) is 4.87. The minimum Gasteiger partial charge on any atom is -0.493 e. The lowest BCUT2D eigenvalue weighted by atomic mass is 10.0. The van der Waals surface area contributed by atoms with Crippen LogP contribution in [0.15, 0.2) is 42.5 Å². The lowest BCUT2D eigenvalue weighted by Gasteiger charge is -2.38. The summed E-state index contributed by atoms with van der Waals surface area (Å²) in [5.41, 5.74) is 2.62. The van der Waals surface area contributed by atoms with Crippen molar-refractivity contribution < 1.29 is 14.3 Å². The average molecular weight is 352 g/mol. The van der Waals surface area contributed by atoms with E-state index < -0.39 is 0 Å². The molecule has 0 aromatic heterocycles. The van der Waals surface area contributed by atoms with Crippen LogP contribution >= 0.6 is 0 Å². The van der Waals surface area contributed by atoms with Crippen molar-refractivity contribution >= 4 is 11.6 Å². The molecule has 1 N–H and O–H groups in total. The minimum absolute atomic E-state index is 0.0946. The number of rotatable bonds is 6. The first-order chi connectivity index (χ1) is 12.7. The van der Waals surface area contributed by atoms with Crippen LogP contribution in [0.3, 0.4) is 0 Å². The summed E-state index contributed by atoms with van der Waals surface area (Å²) in [5, 5.41) is 3.54. The molecule has 26 heavy (non-hydrogen) atoms. The molecule has 4 rings (SSSR count). The maximum atomic E-state index is 13.1. The van der Waals surface area contributed by atoms with E-state index in [1.807, 2.05) is 47.4 Å². The maximum Gasteiger partial charge on any atom is 0.258 e. The molecule has 1 aliphatic carbocycles. The Morgan fingerprint density at radius 3 is 2.69 bits per heavy atom. The van der Waals surface area contributed by atoms with E-state index >= 15 is 0 Å². The quantitative estimate of drug-likeness (QED) is 0.846. The Balaban J connectivity index is 1.70. The van der Waals surface area contributed by atoms with Crippen molar-refractivity contribution in [2.75, 3.05) is 19.0 Å². The van der Waals surface area contributed by atoms with Gasteiger partial charge in [-0.3, -0.25) is 4.79 Å². The second kappa shape index (κ2) is 6.90. The third kappa shape index (κ3) is 2.98. The molecule has 0 unspecified atom stereocenters. The van der Waals surface area contributed by atoms with Crippen molar-refractivity contribution in [3.05, 3.63) is 53.6 Å². The molecule has 2 aromatic rings. The molecule has 2 aliphatic rings. The van der Waals surface area contributed by atoms with E-state index in [9.17, 15) is 4.79 Å². The number of para-hydroxylation sites is 1. The standard InChI is InChI=1S/C21H24N2O3/c1-3-12-26-18-11-8-14(13-19(18)25-2)20-22-17-7-5-4-6-16(17)21(24)23(20)15-9-10-15/h4-8,11,13,15,20,22H,3,9-10,12H2,1-2H3/t20-/m0/s1. The number of hydrogen-bond acceptors (Lipinski definition) is 4. The van der Waals surface area contributed by atoms with Gasteiger partial charge in [-0.25, -0.2) is 0 Å². The summed E-state index contributed by atoms with van der Waals surface area (Å²) in [4.78, 5) is 15.1. The molecule has 1 atom stereocenters. The zero-order valence-corrected chi connectivity index (χ0v) is 15.2. The molecule has 0 spiro atoms. The molecule has 5 heteroatoms. The van der Waals surface area contributed by atoms with Crippen LogP contribution in [0.4, 0.5) is 5.69 Å². The van der Waals surface area contributed by atoms with Crippen molar-refractivity contribution in [1.82, 2.24) is 4.90 Å². The Hall–Kier alpha value is -2.69. The molecule has 2 aromatic carbocycles. The summed E-state index contributed by atoms with van der Waals surface area (Å²) in [6.07, 6.45) is 2.86. The molecule has 1 fully saturated rings. The Morgan fingerprint density at radius 2 is 1.96 bits per heavy atom. The maximum absolute atomic E-state index is 13.1. The van der Waals surface area contributed by atoms with Gasteiger partial charge in [-0.15, -0.1) is 0 Å². The zero-order chi connectivity index (χ0) is 18.1. The van der Waals surface area contributed by atoms with Gasteiger partial charge in [-0.1, -0.05) is 25.1 Å². The van der Waals surface area contributed by atoms with Crippen molar-refractivity contribution in [3.63, 3.8) is 0 Å². The SMILES string of the molecule is CCCOc1ccc([C@H]2Nc3ccccc3C(=O)N2C2CC2)cc1OC. The average Bonchev–Trinajstić information content (AvgIpc) is 3.51. The Bertz CT molecular complexity index is 817. The summed E-state index contributed by atoms with van der Waals surface area (Å²) >= 11 is 0. The molecule has 1 amide bonds. The highest BCUT2D eigenvalue weighted by molar-refractivity contribution is 6.02. The topological polar surface area (TPSA) is 50.8 Å². The van der Waals surface area contributed by atoms with E-state index in [0.29, 0.717) is 18.4 Å². The van der Waals surface area contributed by atoms with Crippen molar-refractivity contribution in [2.24, 2.45) is 0 Å². The normalized spacial score (nSPS) is 18.9. The first kappa shape index (κ1) is 16.8. The Kier molecular flexibility index (Phi) is 4.45. The van der Waals surface area contributed by atoms with Crippen LogP contribution in [-0.2, 0) is 0 Å². The summed E-state index contributed by atoms with van der Waals surface area (Å²) in [6, 6.07) is 13.9. The van der Waals surface area contributed by atoms with E-state index in [2.05, 4.69) is 12.2 Å². The van der Waals surface area contributed by atoms with E-state index in [4.69, 9.17) is 9.47 Å². The van der Waals surface area contributed by atoms with Crippen molar-refractivity contribution in [3.8, 4) is 11.5 Å². The number of amides is 1. The number of nitrogens with one attached hydrogen (secondary N) is 1. The molecule has 136 valence electrons. The van der Waals surface area contributed by atoms with Gasteiger partial charge < -0.3 is 19.7 Å². The van der Waals surface area contributed by atoms with Gasteiger partial charge in [0, 0.05) is 11.7 Å². The molecule has 1 heterocycles. The van der Waals surface area contributed by atoms with Crippen LogP contribution in [0.25, 0.3) is 0 Å². The minimum atomic E-state index is -0.195. The predicted molar refractivity (Wildman–Crippen MR) is 101 cm³/mol. The molecular formula is C21H24N2O3. The fraction of sp³-hybridized carbons (Fsp3) is 0.381. The van der Waals surface area contributed by atoms with Gasteiger partial charge in [-0.2, -0.15) is 0 Å². The zero-order valence-electron chi connectivity index (χ0n) is 15.2. The number of hydrogen-bond donors (Lipinski definition) is 1. The van der Waals surface area contributed by atoms with E-state index in [1.165, 1.54) is 0 Å². The first-order valence-electron chi connectivity index (χ1n) is 9.22. The monoisotopic (exact) mass is 352 g/mol. The number of anilines is 1. The smallest absolute Gasteiger partial charge is 0.258 e. The molecular weight excluding hydrogens is 328 g/mol. The number of ether oxygens (including phenoxy) is 2. The lowest BCUT2D eigenvalue weighted by Crippen LogP contribution is -2.44. The Labute approximate surface area is 153 Å². The largest absolute Gasteiger partial charge is 0.493 e. The number of fused-ring (bicyclic) bond motifs is 1. The highest BCUT2D eigenvalue weighted by Gasteiger charge is 2.42. The van der Waals surface area contributed by atoms with Crippen LogP contribution < -0.4 is 14.8 Å². The van der Waals surface area contributed by atoms with Crippen LogP contribution in [0, 0.1) is 0 Å². The van der Waals surface area contributed by atoms with Crippen molar-refractivity contribution in [1.29, 1.82) is 0 Å². The highest BCUT2D eigenvalue weighted by atomic mass is 16.5. The van der Waals surface area contributed by atoms with Gasteiger partial charge in [0.05, 0.1) is 19.3 Å². The summed E-state index contributed by atoms with van der Waals surface area (Å²) < 4.78 is 11.3. The van der Waals surface area contributed by atoms with Gasteiger partial charge in [0.15, 0.2) is 11.5 Å². The van der Waals surface area contributed by atoms with E-state index in [-0.39, 0.29) is 12.1 Å². The number of methoxy groups -OCH3 is 1. The number of nitrogens with zero attached hydrogens (tertiary/aromatic N) is 1. The van der Waals surface area contributed by atoms with Gasteiger partial charge in [-0.05, 0) is 49.1 Å². The molecule has 0 radical (unpaired) electrons. The van der Waals surface area contributed by atoms with Crippen LogP contribution in [0.5, 0.6) is 11.5 Å². The number of carbonyl (C=O) groups excluding carboxylic acids is 1. The van der Waals surface area contributed by atoms with Crippen LogP contribution in [0.1, 0.15) is 48.3 Å². The second-order valence-corrected chi connectivity index (χ2v) is 6.79. The Morgan fingerprint density at radius 1 is 1.15 bits per heavy atom. The van der Waals surface area contributed by atoms with E-state index in [1.54, 1.807) is 7.11 Å². The molecule has 0 saturated heterocycles. The van der Waals surface area contributed by atoms with Crippen LogP contribution in [0.2, 0.25) is 0 Å². The summed E-state index contributed by atoms with van der Waals surface area (Å²) in [6.45, 7) is 2.72. The summed E-state index contributed by atoms with van der Waals surface area (Å²) in [7, 11) is 1.64. The van der Waals surface area contributed by atoms with Gasteiger partial charge in [0.1, 0.15) is 6.17 Å². The first-order valence-corrected chi connectivity index (χ1v) is 9.22. The van der Waals surface area contributed by atoms with Crippen molar-refractivity contribution in [2.45, 2.75) is 38.4 Å². The van der Waals surface area contributed by atoms with Gasteiger partial charge >= 0.3 is 0 Å². The fourth-order valence-electron chi connectivity index (χ4n) is 3.43. The van der Waals surface area contributed by atoms with Gasteiger partial charge in [0.25, 0.3) is 5.91 Å². The predicted octanol–water partition coefficient (Wildman–Crippen LogP) is 4.21. The second-order valence-electron chi connectivity index (χ2n) is 6.79. The number of benzene rings is 2. The summed E-state index contributed by atoms with van der Waals surface area (Å²) in [5.74, 6) is 1.52. The molecule has 0 bridgehead atoms. The van der Waals surface area contributed by atoms with Crippen LogP contribution in [-0.4, -0.2) is 30.6 Å². The fourth-order valence-corrected chi connectivity index (χ4v) is 3.43. The third-order valence-electron chi connectivity index (χ3n) is 4.87. The van der Waals surface area contributed by atoms with Gasteiger partial charge in [0.2, 0.25) is 0 Å². The molecule has 5 nitrogen and oxygen atoms in total. The number of carbonyl (C=O) groups is 1. The molecule has 1 saturated carbocycles. The lowest BCUT2D eigenvalue weighted by molar-refractivity contribution is 0.0666. The van der Waals surface area contributed by atoms with E-state index in [0.717, 1.165) is 41.8 Å². The molecule has 1 aliphatic heterocycles.